The average molecular weight is 280 g/mol. The van der Waals surface area contributed by atoms with Gasteiger partial charge in [0.2, 0.25) is 5.91 Å². The van der Waals surface area contributed by atoms with E-state index in [2.05, 4.69) is 0 Å². The van der Waals surface area contributed by atoms with Crippen LogP contribution in [0.15, 0.2) is 17.5 Å². The number of hydrogen-bond donors (Lipinski definition) is 1. The van der Waals surface area contributed by atoms with E-state index in [0.29, 0.717) is 19.4 Å². The van der Waals surface area contributed by atoms with Crippen molar-refractivity contribution in [3.8, 4) is 0 Å². The maximum atomic E-state index is 12.2. The molecule has 1 aliphatic heterocycles. The van der Waals surface area contributed by atoms with Gasteiger partial charge in [-0.05, 0) is 30.7 Å². The van der Waals surface area contributed by atoms with Gasteiger partial charge in [0.25, 0.3) is 0 Å². The topological polar surface area (TPSA) is 63.4 Å². The molecule has 0 spiro atoms. The predicted molar refractivity (Wildman–Crippen MR) is 76.3 cm³/mol. The highest BCUT2D eigenvalue weighted by molar-refractivity contribution is 7.12. The molecule has 2 heterocycles. The number of amides is 1. The Balaban J connectivity index is 1.85. The molecule has 1 saturated heterocycles. The van der Waals surface area contributed by atoms with E-state index in [-0.39, 0.29) is 17.7 Å². The highest BCUT2D eigenvalue weighted by Crippen LogP contribution is 2.18. The number of rotatable bonds is 5. The van der Waals surface area contributed by atoms with Gasteiger partial charge in [-0.1, -0.05) is 6.07 Å². The van der Waals surface area contributed by atoms with Crippen molar-refractivity contribution in [3.63, 3.8) is 0 Å². The average Bonchev–Trinajstić information content (AvgIpc) is 2.98. The van der Waals surface area contributed by atoms with E-state index in [1.165, 1.54) is 11.3 Å². The fraction of sp³-hybridized carbons (Fsp3) is 0.571. The Hall–Kier alpha value is -1.20. The lowest BCUT2D eigenvalue weighted by Crippen LogP contribution is -2.47. The first-order valence-electron chi connectivity index (χ1n) is 6.78. The Labute approximate surface area is 117 Å². The van der Waals surface area contributed by atoms with Crippen molar-refractivity contribution in [2.75, 3.05) is 13.1 Å². The van der Waals surface area contributed by atoms with Gasteiger partial charge in [0, 0.05) is 32.0 Å². The summed E-state index contributed by atoms with van der Waals surface area (Å²) in [6.45, 7) is 1.30. The first-order valence-corrected chi connectivity index (χ1v) is 7.66. The molecule has 1 aliphatic rings. The molecule has 1 fully saturated rings. The quantitative estimate of drug-likeness (QED) is 0.840. The van der Waals surface area contributed by atoms with E-state index in [1.807, 2.05) is 16.3 Å². The maximum absolute atomic E-state index is 12.2. The van der Waals surface area contributed by atoms with Crippen LogP contribution < -0.4 is 5.73 Å². The minimum atomic E-state index is 0.0599. The number of likely N-dealkylation sites (tertiary alicyclic amines) is 1. The molecule has 19 heavy (non-hydrogen) atoms. The predicted octanol–water partition coefficient (Wildman–Crippen LogP) is 2.05. The number of piperidine rings is 1. The minimum Gasteiger partial charge on any atom is -0.338 e. The smallest absolute Gasteiger partial charge is 0.223 e. The van der Waals surface area contributed by atoms with Gasteiger partial charge in [0.05, 0.1) is 4.88 Å². The second kappa shape index (κ2) is 6.82. The third-order valence-corrected chi connectivity index (χ3v) is 4.49. The second-order valence-electron chi connectivity index (χ2n) is 4.87. The number of ketones is 1. The van der Waals surface area contributed by atoms with Crippen LogP contribution >= 0.6 is 11.3 Å². The fourth-order valence-corrected chi connectivity index (χ4v) is 3.19. The van der Waals surface area contributed by atoms with Crippen molar-refractivity contribution in [3.05, 3.63) is 22.4 Å². The molecule has 1 amide bonds. The maximum Gasteiger partial charge on any atom is 0.223 e. The SMILES string of the molecule is NCC1CCCCN1C(=O)CCC(=O)c1cccs1. The Morgan fingerprint density at radius 2 is 2.21 bits per heavy atom. The van der Waals surface area contributed by atoms with Gasteiger partial charge in [0.15, 0.2) is 5.78 Å². The first kappa shape index (κ1) is 14.2. The molecular formula is C14H20N2O2S. The van der Waals surface area contributed by atoms with Crippen LogP contribution in [0.3, 0.4) is 0 Å². The van der Waals surface area contributed by atoms with E-state index in [4.69, 9.17) is 5.73 Å². The zero-order valence-corrected chi connectivity index (χ0v) is 11.8. The number of hydrogen-bond acceptors (Lipinski definition) is 4. The number of carbonyl (C=O) groups excluding carboxylic acids is 2. The van der Waals surface area contributed by atoms with Crippen molar-refractivity contribution in [2.45, 2.75) is 38.1 Å². The van der Waals surface area contributed by atoms with E-state index in [0.717, 1.165) is 30.7 Å². The van der Waals surface area contributed by atoms with Crippen LogP contribution in [-0.2, 0) is 4.79 Å². The molecule has 0 saturated carbocycles. The molecular weight excluding hydrogens is 260 g/mol. The van der Waals surface area contributed by atoms with Crippen molar-refractivity contribution in [1.29, 1.82) is 0 Å². The highest BCUT2D eigenvalue weighted by Gasteiger charge is 2.25. The van der Waals surface area contributed by atoms with Crippen molar-refractivity contribution in [2.24, 2.45) is 5.73 Å². The van der Waals surface area contributed by atoms with E-state index in [1.54, 1.807) is 6.07 Å². The molecule has 0 bridgehead atoms. The zero-order chi connectivity index (χ0) is 13.7. The molecule has 1 aromatic rings. The summed E-state index contributed by atoms with van der Waals surface area (Å²) in [4.78, 5) is 26.6. The summed E-state index contributed by atoms with van der Waals surface area (Å²) < 4.78 is 0. The fourth-order valence-electron chi connectivity index (χ4n) is 2.50. The van der Waals surface area contributed by atoms with Crippen LogP contribution in [0.5, 0.6) is 0 Å². The van der Waals surface area contributed by atoms with Crippen LogP contribution in [0.1, 0.15) is 41.8 Å². The normalized spacial score (nSPS) is 19.4. The molecule has 0 radical (unpaired) electrons. The molecule has 2 rings (SSSR count). The lowest BCUT2D eigenvalue weighted by Gasteiger charge is -2.35. The van der Waals surface area contributed by atoms with Crippen LogP contribution in [0.25, 0.3) is 0 Å². The third-order valence-electron chi connectivity index (χ3n) is 3.58. The standard InChI is InChI=1S/C14H20N2O2S/c15-10-11-4-1-2-8-16(11)14(18)7-6-12(17)13-5-3-9-19-13/h3,5,9,11H,1-2,4,6-8,10,15H2. The van der Waals surface area contributed by atoms with Crippen LogP contribution in [0.2, 0.25) is 0 Å². The number of nitrogens with two attached hydrogens (primary N) is 1. The monoisotopic (exact) mass is 280 g/mol. The van der Waals surface area contributed by atoms with Crippen LogP contribution in [0, 0.1) is 0 Å². The Morgan fingerprint density at radius 3 is 2.89 bits per heavy atom. The summed E-state index contributed by atoms with van der Waals surface area (Å²) in [5, 5.41) is 1.88. The van der Waals surface area contributed by atoms with E-state index >= 15 is 0 Å². The van der Waals surface area contributed by atoms with E-state index < -0.39 is 0 Å². The Morgan fingerprint density at radius 1 is 1.37 bits per heavy atom. The highest BCUT2D eigenvalue weighted by atomic mass is 32.1. The van der Waals surface area contributed by atoms with Crippen molar-refractivity contribution in [1.82, 2.24) is 4.90 Å². The summed E-state index contributed by atoms with van der Waals surface area (Å²) in [6.07, 6.45) is 3.77. The van der Waals surface area contributed by atoms with Crippen molar-refractivity contribution >= 4 is 23.0 Å². The molecule has 1 aromatic heterocycles. The van der Waals surface area contributed by atoms with Gasteiger partial charge in [-0.3, -0.25) is 9.59 Å². The third kappa shape index (κ3) is 3.64. The molecule has 4 nitrogen and oxygen atoms in total. The molecule has 104 valence electrons. The van der Waals surface area contributed by atoms with Gasteiger partial charge < -0.3 is 10.6 Å². The van der Waals surface area contributed by atoms with Crippen LogP contribution in [0.4, 0.5) is 0 Å². The summed E-state index contributed by atoms with van der Waals surface area (Å²) in [7, 11) is 0. The minimum absolute atomic E-state index is 0.0599. The lowest BCUT2D eigenvalue weighted by atomic mass is 10.0. The first-order chi connectivity index (χ1) is 9.22. The largest absolute Gasteiger partial charge is 0.338 e. The number of Topliss-reactive ketones (excluding diaryl/α,β-unsaturated/α-hetero) is 1. The molecule has 1 atom stereocenters. The molecule has 0 aromatic carbocycles. The molecule has 0 aliphatic carbocycles. The van der Waals surface area contributed by atoms with Gasteiger partial charge in [-0.2, -0.15) is 0 Å². The van der Waals surface area contributed by atoms with Gasteiger partial charge in [0.1, 0.15) is 0 Å². The summed E-state index contributed by atoms with van der Waals surface area (Å²) in [5.41, 5.74) is 5.71. The van der Waals surface area contributed by atoms with Gasteiger partial charge in [-0.15, -0.1) is 11.3 Å². The molecule has 2 N–H and O–H groups in total. The molecule has 1 unspecified atom stereocenters. The van der Waals surface area contributed by atoms with E-state index in [9.17, 15) is 9.59 Å². The van der Waals surface area contributed by atoms with Crippen LogP contribution in [-0.4, -0.2) is 35.7 Å². The number of nitrogens with zero attached hydrogens (tertiary/aromatic N) is 1. The lowest BCUT2D eigenvalue weighted by molar-refractivity contribution is -0.134. The summed E-state index contributed by atoms with van der Waals surface area (Å²) >= 11 is 1.43. The van der Waals surface area contributed by atoms with Gasteiger partial charge in [-0.25, -0.2) is 0 Å². The zero-order valence-electron chi connectivity index (χ0n) is 11.0. The number of thiophene rings is 1. The second-order valence-corrected chi connectivity index (χ2v) is 5.82. The Bertz CT molecular complexity index is 431. The summed E-state index contributed by atoms with van der Waals surface area (Å²) in [5.74, 6) is 0.129. The van der Waals surface area contributed by atoms with Gasteiger partial charge >= 0.3 is 0 Å². The van der Waals surface area contributed by atoms with Crippen molar-refractivity contribution < 1.29 is 9.59 Å². The Kier molecular flexibility index (Phi) is 5.10. The number of carbonyl (C=O) groups is 2. The summed E-state index contributed by atoms with van der Waals surface area (Å²) in [6, 6.07) is 3.83. The molecule has 5 heteroatoms.